The third-order valence-electron chi connectivity index (χ3n) is 4.93. The van der Waals surface area contributed by atoms with Crippen LogP contribution in [0.5, 0.6) is 0 Å². The lowest BCUT2D eigenvalue weighted by Crippen LogP contribution is -2.23. The normalized spacial score (nSPS) is 18.4. The molecule has 1 aromatic heterocycles. The standard InChI is InChI=1S/C21H21F3N2O4/c1-12-8-17-15(18(9-12)30-20(28)7-6-19(27)29-2)11-16(25-26-17)13-4-3-5-14(10-13)21(22,23)24/h3-5,10-12,18H,6-9H2,1-2H3. The van der Waals surface area contributed by atoms with Gasteiger partial charge in [0.1, 0.15) is 6.10 Å². The van der Waals surface area contributed by atoms with E-state index in [9.17, 15) is 22.8 Å². The highest BCUT2D eigenvalue weighted by atomic mass is 19.4. The zero-order valence-corrected chi connectivity index (χ0v) is 16.5. The molecule has 2 unspecified atom stereocenters. The van der Waals surface area contributed by atoms with E-state index in [0.29, 0.717) is 24.1 Å². The van der Waals surface area contributed by atoms with Crippen molar-refractivity contribution >= 4 is 11.9 Å². The van der Waals surface area contributed by atoms with Crippen molar-refractivity contribution in [2.24, 2.45) is 5.92 Å². The van der Waals surface area contributed by atoms with Crippen LogP contribution in [0.1, 0.15) is 49.1 Å². The lowest BCUT2D eigenvalue weighted by Gasteiger charge is -2.28. The van der Waals surface area contributed by atoms with E-state index in [0.717, 1.165) is 12.1 Å². The molecule has 0 amide bonds. The predicted octanol–water partition coefficient (Wildman–Crippen LogP) is 4.28. The number of esters is 2. The zero-order valence-electron chi connectivity index (χ0n) is 16.5. The van der Waals surface area contributed by atoms with Gasteiger partial charge in [-0.1, -0.05) is 19.1 Å². The summed E-state index contributed by atoms with van der Waals surface area (Å²) in [4.78, 5) is 23.4. The number of hydrogen-bond donors (Lipinski definition) is 0. The smallest absolute Gasteiger partial charge is 0.416 e. The number of rotatable bonds is 5. The fourth-order valence-electron chi connectivity index (χ4n) is 3.41. The molecule has 0 aliphatic heterocycles. The second-order valence-corrected chi connectivity index (χ2v) is 7.31. The summed E-state index contributed by atoms with van der Waals surface area (Å²) in [6.45, 7) is 1.99. The van der Waals surface area contributed by atoms with Gasteiger partial charge < -0.3 is 9.47 Å². The highest BCUT2D eigenvalue weighted by molar-refractivity contribution is 5.77. The van der Waals surface area contributed by atoms with Gasteiger partial charge >= 0.3 is 18.1 Å². The van der Waals surface area contributed by atoms with Gasteiger partial charge in [0, 0.05) is 11.1 Å². The number of nitrogens with zero attached hydrogens (tertiary/aromatic N) is 2. The van der Waals surface area contributed by atoms with Crippen molar-refractivity contribution in [3.63, 3.8) is 0 Å². The molecule has 0 bridgehead atoms. The maximum absolute atomic E-state index is 13.0. The minimum absolute atomic E-state index is 0.0887. The van der Waals surface area contributed by atoms with Gasteiger partial charge in [-0.15, -0.1) is 0 Å². The zero-order chi connectivity index (χ0) is 21.9. The first kappa shape index (κ1) is 21.7. The summed E-state index contributed by atoms with van der Waals surface area (Å²) in [5.74, 6) is -0.880. The van der Waals surface area contributed by atoms with E-state index in [1.165, 1.54) is 19.2 Å². The largest absolute Gasteiger partial charge is 0.469 e. The molecule has 30 heavy (non-hydrogen) atoms. The summed E-state index contributed by atoms with van der Waals surface area (Å²) < 4.78 is 49.2. The molecule has 160 valence electrons. The third-order valence-corrected chi connectivity index (χ3v) is 4.93. The number of alkyl halides is 3. The van der Waals surface area contributed by atoms with Crippen molar-refractivity contribution in [3.8, 4) is 11.3 Å². The summed E-state index contributed by atoms with van der Waals surface area (Å²) in [5.41, 5.74) is 1.04. The first-order valence-electron chi connectivity index (χ1n) is 9.47. The molecule has 1 aromatic carbocycles. The number of ether oxygens (including phenoxy) is 2. The number of benzene rings is 1. The Hall–Kier alpha value is -2.97. The fraction of sp³-hybridized carbons (Fsp3) is 0.429. The van der Waals surface area contributed by atoms with Gasteiger partial charge in [-0.05, 0) is 37.0 Å². The van der Waals surface area contributed by atoms with Crippen LogP contribution in [0.25, 0.3) is 11.3 Å². The van der Waals surface area contributed by atoms with Crippen molar-refractivity contribution in [3.05, 3.63) is 47.2 Å². The molecular weight excluding hydrogens is 401 g/mol. The molecule has 0 N–H and O–H groups in total. The lowest BCUT2D eigenvalue weighted by molar-refractivity contribution is -0.154. The molecule has 0 radical (unpaired) electrons. The van der Waals surface area contributed by atoms with E-state index in [1.807, 2.05) is 6.92 Å². The molecule has 1 heterocycles. The number of carbonyl (C=O) groups excluding carboxylic acids is 2. The van der Waals surface area contributed by atoms with Crippen LogP contribution in [0.2, 0.25) is 0 Å². The molecule has 0 fully saturated rings. The topological polar surface area (TPSA) is 78.4 Å². The highest BCUT2D eigenvalue weighted by Gasteiger charge is 2.32. The molecule has 2 atom stereocenters. The van der Waals surface area contributed by atoms with E-state index >= 15 is 0 Å². The molecule has 0 spiro atoms. The number of carbonyl (C=O) groups is 2. The SMILES string of the molecule is COC(=O)CCC(=O)OC1CC(C)Cc2nnc(-c3cccc(C(F)(F)F)c3)cc21. The predicted molar refractivity (Wildman–Crippen MR) is 100 cm³/mol. The van der Waals surface area contributed by atoms with Gasteiger partial charge in [0.2, 0.25) is 0 Å². The average Bonchev–Trinajstić information content (AvgIpc) is 2.71. The van der Waals surface area contributed by atoms with Crippen molar-refractivity contribution in [1.82, 2.24) is 10.2 Å². The van der Waals surface area contributed by atoms with Crippen LogP contribution >= 0.6 is 0 Å². The van der Waals surface area contributed by atoms with Crippen molar-refractivity contribution in [2.45, 2.75) is 44.9 Å². The van der Waals surface area contributed by atoms with Gasteiger partial charge in [-0.3, -0.25) is 9.59 Å². The number of hydrogen-bond acceptors (Lipinski definition) is 6. The Kier molecular flexibility index (Phi) is 6.38. The van der Waals surface area contributed by atoms with Crippen LogP contribution in [0.3, 0.4) is 0 Å². The van der Waals surface area contributed by atoms with E-state index < -0.39 is 29.8 Å². The molecular formula is C21H21F3N2O4. The lowest BCUT2D eigenvalue weighted by atomic mass is 9.85. The maximum Gasteiger partial charge on any atom is 0.416 e. The molecule has 0 saturated carbocycles. The number of halogens is 3. The Morgan fingerprint density at radius 1 is 1.13 bits per heavy atom. The summed E-state index contributed by atoms with van der Waals surface area (Å²) in [6, 6.07) is 6.46. The quantitative estimate of drug-likeness (QED) is 0.670. The molecule has 1 aliphatic rings. The van der Waals surface area contributed by atoms with Crippen molar-refractivity contribution in [1.29, 1.82) is 0 Å². The second kappa shape index (κ2) is 8.81. The summed E-state index contributed by atoms with van der Waals surface area (Å²) in [7, 11) is 1.24. The average molecular weight is 422 g/mol. The molecule has 1 aliphatic carbocycles. The fourth-order valence-corrected chi connectivity index (χ4v) is 3.41. The van der Waals surface area contributed by atoms with Crippen molar-refractivity contribution in [2.75, 3.05) is 7.11 Å². The van der Waals surface area contributed by atoms with Gasteiger partial charge in [0.25, 0.3) is 0 Å². The van der Waals surface area contributed by atoms with E-state index in [2.05, 4.69) is 14.9 Å². The Labute approximate surface area is 171 Å². The Bertz CT molecular complexity index is 946. The van der Waals surface area contributed by atoms with Crippen molar-refractivity contribution < 1.29 is 32.2 Å². The van der Waals surface area contributed by atoms with Crippen LogP contribution in [-0.2, 0) is 31.7 Å². The molecule has 9 heteroatoms. The first-order chi connectivity index (χ1) is 14.2. The maximum atomic E-state index is 13.0. The Balaban J connectivity index is 1.86. The molecule has 2 aromatic rings. The van der Waals surface area contributed by atoms with Gasteiger partial charge in [-0.25, -0.2) is 0 Å². The van der Waals surface area contributed by atoms with Crippen LogP contribution < -0.4 is 0 Å². The summed E-state index contributed by atoms with van der Waals surface area (Å²) in [6.07, 6.45) is -4.11. The monoisotopic (exact) mass is 422 g/mol. The molecule has 6 nitrogen and oxygen atoms in total. The Morgan fingerprint density at radius 2 is 1.87 bits per heavy atom. The van der Waals surface area contributed by atoms with Crippen LogP contribution in [0, 0.1) is 5.92 Å². The molecule has 0 saturated heterocycles. The van der Waals surface area contributed by atoms with E-state index in [4.69, 9.17) is 4.74 Å². The van der Waals surface area contributed by atoms with E-state index in [-0.39, 0.29) is 30.0 Å². The number of methoxy groups -OCH3 is 1. The summed E-state index contributed by atoms with van der Waals surface area (Å²) >= 11 is 0. The van der Waals surface area contributed by atoms with Crippen LogP contribution in [-0.4, -0.2) is 29.2 Å². The van der Waals surface area contributed by atoms with Gasteiger partial charge in [0.05, 0.1) is 36.9 Å². The minimum atomic E-state index is -4.47. The third kappa shape index (κ3) is 5.14. The molecule has 3 rings (SSSR count). The highest BCUT2D eigenvalue weighted by Crippen LogP contribution is 2.37. The van der Waals surface area contributed by atoms with E-state index in [1.54, 1.807) is 6.07 Å². The van der Waals surface area contributed by atoms with Gasteiger partial charge in [-0.2, -0.15) is 23.4 Å². The first-order valence-corrected chi connectivity index (χ1v) is 9.47. The van der Waals surface area contributed by atoms with Crippen LogP contribution in [0.15, 0.2) is 30.3 Å². The number of aromatic nitrogens is 2. The number of fused-ring (bicyclic) bond motifs is 1. The second-order valence-electron chi connectivity index (χ2n) is 7.31. The summed E-state index contributed by atoms with van der Waals surface area (Å²) in [5, 5.41) is 8.27. The van der Waals surface area contributed by atoms with Crippen LogP contribution in [0.4, 0.5) is 13.2 Å². The minimum Gasteiger partial charge on any atom is -0.469 e. The van der Waals surface area contributed by atoms with Gasteiger partial charge in [0.15, 0.2) is 0 Å². The Morgan fingerprint density at radius 3 is 2.57 bits per heavy atom.